The van der Waals surface area contributed by atoms with E-state index in [2.05, 4.69) is 5.32 Å². The number of nitrogens with zero attached hydrogens (tertiary/aromatic N) is 1. The highest BCUT2D eigenvalue weighted by Crippen LogP contribution is 2.17. The van der Waals surface area contributed by atoms with Gasteiger partial charge < -0.3 is 20.4 Å². The molecule has 0 fully saturated rings. The van der Waals surface area contributed by atoms with Crippen LogP contribution in [-0.4, -0.2) is 41.7 Å². The van der Waals surface area contributed by atoms with Crippen molar-refractivity contribution in [3.05, 3.63) is 24.3 Å². The fraction of sp³-hybridized carbons (Fsp3) is 0.467. The van der Waals surface area contributed by atoms with Gasteiger partial charge >= 0.3 is 5.97 Å². The van der Waals surface area contributed by atoms with Crippen LogP contribution in [0.15, 0.2) is 24.3 Å². The van der Waals surface area contributed by atoms with Gasteiger partial charge in [-0.25, -0.2) is 4.79 Å². The van der Waals surface area contributed by atoms with Crippen molar-refractivity contribution in [1.29, 1.82) is 0 Å². The molecule has 0 saturated carbocycles. The first-order valence-corrected chi connectivity index (χ1v) is 6.83. The highest BCUT2D eigenvalue weighted by atomic mass is 16.4. The molecule has 0 aliphatic heterocycles. The molecule has 0 saturated heterocycles. The number of nitrogens with one attached hydrogen (secondary N) is 1. The van der Waals surface area contributed by atoms with Gasteiger partial charge in [0.1, 0.15) is 11.8 Å². The number of amides is 1. The van der Waals surface area contributed by atoms with E-state index in [1.807, 2.05) is 11.9 Å². The Morgan fingerprint density at radius 1 is 1.24 bits per heavy atom. The number of aliphatic carboxylic acids is 1. The maximum Gasteiger partial charge on any atom is 0.326 e. The van der Waals surface area contributed by atoms with Gasteiger partial charge in [-0.1, -0.05) is 13.8 Å². The van der Waals surface area contributed by atoms with Gasteiger partial charge in [-0.2, -0.15) is 0 Å². The van der Waals surface area contributed by atoms with Crippen LogP contribution < -0.4 is 10.2 Å². The predicted octanol–water partition coefficient (Wildman–Crippen LogP) is 1.44. The van der Waals surface area contributed by atoms with E-state index in [1.54, 1.807) is 38.1 Å². The average Bonchev–Trinajstić information content (AvgIpc) is 2.42. The van der Waals surface area contributed by atoms with Crippen molar-refractivity contribution in [2.24, 2.45) is 5.92 Å². The number of phenols is 1. The van der Waals surface area contributed by atoms with Gasteiger partial charge in [0, 0.05) is 25.7 Å². The molecular weight excluding hydrogens is 272 g/mol. The molecule has 21 heavy (non-hydrogen) atoms. The molecule has 0 spiro atoms. The Morgan fingerprint density at radius 2 is 1.81 bits per heavy atom. The van der Waals surface area contributed by atoms with Crippen molar-refractivity contribution in [1.82, 2.24) is 5.32 Å². The minimum Gasteiger partial charge on any atom is -0.508 e. The Hall–Kier alpha value is -2.24. The summed E-state index contributed by atoms with van der Waals surface area (Å²) in [6.45, 7) is 3.96. The van der Waals surface area contributed by atoms with Crippen LogP contribution in [0.1, 0.15) is 20.3 Å². The number of aromatic hydroxyl groups is 1. The first kappa shape index (κ1) is 16.8. The minimum atomic E-state index is -1.02. The zero-order chi connectivity index (χ0) is 16.0. The van der Waals surface area contributed by atoms with Crippen LogP contribution in [0.2, 0.25) is 0 Å². The van der Waals surface area contributed by atoms with Crippen LogP contribution in [0, 0.1) is 5.92 Å². The molecule has 6 heteroatoms. The normalized spacial score (nSPS) is 12.0. The first-order chi connectivity index (χ1) is 9.81. The van der Waals surface area contributed by atoms with Crippen LogP contribution in [0.4, 0.5) is 5.69 Å². The maximum atomic E-state index is 11.8. The molecule has 3 N–H and O–H groups in total. The highest BCUT2D eigenvalue weighted by molar-refractivity contribution is 5.84. The summed E-state index contributed by atoms with van der Waals surface area (Å²) in [6, 6.07) is 5.79. The number of carbonyl (C=O) groups is 2. The van der Waals surface area contributed by atoms with Gasteiger partial charge in [0.25, 0.3) is 0 Å². The molecule has 1 aromatic carbocycles. The lowest BCUT2D eigenvalue weighted by Crippen LogP contribution is -2.45. The van der Waals surface area contributed by atoms with Crippen molar-refractivity contribution in [3.63, 3.8) is 0 Å². The monoisotopic (exact) mass is 294 g/mol. The van der Waals surface area contributed by atoms with Crippen LogP contribution in [-0.2, 0) is 9.59 Å². The van der Waals surface area contributed by atoms with Gasteiger partial charge in [-0.05, 0) is 30.2 Å². The third-order valence-corrected chi connectivity index (χ3v) is 3.21. The number of rotatable bonds is 7. The van der Waals surface area contributed by atoms with Crippen LogP contribution in [0.5, 0.6) is 5.75 Å². The van der Waals surface area contributed by atoms with Crippen molar-refractivity contribution in [3.8, 4) is 5.75 Å². The third-order valence-electron chi connectivity index (χ3n) is 3.21. The van der Waals surface area contributed by atoms with Gasteiger partial charge in [0.15, 0.2) is 0 Å². The second kappa shape index (κ2) is 7.52. The van der Waals surface area contributed by atoms with Gasteiger partial charge in [-0.15, -0.1) is 0 Å². The predicted molar refractivity (Wildman–Crippen MR) is 80.4 cm³/mol. The summed E-state index contributed by atoms with van der Waals surface area (Å²) < 4.78 is 0. The molecule has 0 aromatic heterocycles. The summed E-state index contributed by atoms with van der Waals surface area (Å²) in [7, 11) is 1.83. The molecule has 1 amide bonds. The van der Waals surface area contributed by atoms with Gasteiger partial charge in [0.05, 0.1) is 0 Å². The number of anilines is 1. The fourth-order valence-electron chi connectivity index (χ4n) is 1.86. The van der Waals surface area contributed by atoms with E-state index < -0.39 is 12.0 Å². The number of hydrogen-bond donors (Lipinski definition) is 3. The molecule has 6 nitrogen and oxygen atoms in total. The minimum absolute atomic E-state index is 0.165. The molecule has 0 bridgehead atoms. The molecule has 1 unspecified atom stereocenters. The lowest BCUT2D eigenvalue weighted by atomic mass is 10.0. The van der Waals surface area contributed by atoms with E-state index in [9.17, 15) is 14.7 Å². The van der Waals surface area contributed by atoms with E-state index in [0.717, 1.165) is 5.69 Å². The molecule has 1 atom stereocenters. The largest absolute Gasteiger partial charge is 0.508 e. The number of carboxylic acid groups (broad SMARTS) is 1. The number of hydrogen-bond acceptors (Lipinski definition) is 4. The molecule has 0 heterocycles. The van der Waals surface area contributed by atoms with Crippen LogP contribution >= 0.6 is 0 Å². The average molecular weight is 294 g/mol. The second-order valence-electron chi connectivity index (χ2n) is 5.32. The smallest absolute Gasteiger partial charge is 0.326 e. The summed E-state index contributed by atoms with van der Waals surface area (Å²) in [6.07, 6.45) is 0.202. The number of phenolic OH excluding ortho intramolecular Hbond substituents is 1. The molecule has 0 aliphatic rings. The summed E-state index contributed by atoms with van der Waals surface area (Å²) >= 11 is 0. The first-order valence-electron chi connectivity index (χ1n) is 6.83. The zero-order valence-electron chi connectivity index (χ0n) is 12.5. The molecule has 116 valence electrons. The Bertz CT molecular complexity index is 485. The van der Waals surface area contributed by atoms with E-state index >= 15 is 0 Å². The summed E-state index contributed by atoms with van der Waals surface area (Å²) in [4.78, 5) is 24.7. The van der Waals surface area contributed by atoms with E-state index in [4.69, 9.17) is 5.11 Å². The Morgan fingerprint density at radius 3 is 2.29 bits per heavy atom. The molecule has 0 aliphatic carbocycles. The lowest BCUT2D eigenvalue weighted by Gasteiger charge is -2.21. The van der Waals surface area contributed by atoms with Crippen molar-refractivity contribution >= 4 is 17.6 Å². The Balaban J connectivity index is 2.48. The number of benzene rings is 1. The number of carbonyl (C=O) groups excluding carboxylic acids is 1. The molecule has 1 aromatic rings. The standard InChI is InChI=1S/C15H22N2O4/c1-10(2)14(15(20)21)16-13(19)8-9-17(3)11-4-6-12(18)7-5-11/h4-7,10,14,18H,8-9H2,1-3H3,(H,16,19)(H,20,21). The topological polar surface area (TPSA) is 89.9 Å². The lowest BCUT2D eigenvalue weighted by molar-refractivity contribution is -0.143. The van der Waals surface area contributed by atoms with Crippen LogP contribution in [0.25, 0.3) is 0 Å². The Labute approximate surface area is 124 Å². The van der Waals surface area contributed by atoms with Gasteiger partial charge in [0.2, 0.25) is 5.91 Å². The molecule has 1 rings (SSSR count). The van der Waals surface area contributed by atoms with Gasteiger partial charge in [-0.3, -0.25) is 4.79 Å². The summed E-state index contributed by atoms with van der Waals surface area (Å²) in [5.74, 6) is -1.29. The fourth-order valence-corrected chi connectivity index (χ4v) is 1.86. The summed E-state index contributed by atoms with van der Waals surface area (Å²) in [5, 5.41) is 20.8. The maximum absolute atomic E-state index is 11.8. The van der Waals surface area contributed by atoms with E-state index in [1.165, 1.54) is 0 Å². The van der Waals surface area contributed by atoms with Crippen molar-refractivity contribution in [2.45, 2.75) is 26.3 Å². The second-order valence-corrected chi connectivity index (χ2v) is 5.32. The number of carboxylic acids is 1. The zero-order valence-corrected chi connectivity index (χ0v) is 12.5. The molecule has 0 radical (unpaired) electrons. The quantitative estimate of drug-likeness (QED) is 0.708. The van der Waals surface area contributed by atoms with Crippen molar-refractivity contribution in [2.75, 3.05) is 18.5 Å². The molecular formula is C15H22N2O4. The highest BCUT2D eigenvalue weighted by Gasteiger charge is 2.23. The Kier molecular flexibility index (Phi) is 6.02. The van der Waals surface area contributed by atoms with E-state index in [0.29, 0.717) is 6.54 Å². The third kappa shape index (κ3) is 5.33. The van der Waals surface area contributed by atoms with E-state index in [-0.39, 0.29) is 24.0 Å². The summed E-state index contributed by atoms with van der Waals surface area (Å²) in [5.41, 5.74) is 0.874. The van der Waals surface area contributed by atoms with Crippen molar-refractivity contribution < 1.29 is 19.8 Å². The SMILES string of the molecule is CC(C)C(NC(=O)CCN(C)c1ccc(O)cc1)C(=O)O. The van der Waals surface area contributed by atoms with Crippen LogP contribution in [0.3, 0.4) is 0 Å².